The molecule has 0 unspecified atom stereocenters. The van der Waals surface area contributed by atoms with Gasteiger partial charge in [-0.15, -0.1) is 90.7 Å². The molecule has 0 amide bonds. The third-order valence-corrected chi connectivity index (χ3v) is 40.7. The van der Waals surface area contributed by atoms with Gasteiger partial charge in [0.1, 0.15) is 22.1 Å². The van der Waals surface area contributed by atoms with Crippen molar-refractivity contribution in [2.75, 3.05) is 0 Å². The molecule has 2 aliphatic carbocycles. The molecule has 0 saturated carbocycles. The van der Waals surface area contributed by atoms with Crippen LogP contribution in [-0.2, 0) is 49.4 Å². The molecule has 0 spiro atoms. The van der Waals surface area contributed by atoms with E-state index in [-0.39, 0.29) is 0 Å². The van der Waals surface area contributed by atoms with Gasteiger partial charge in [0.2, 0.25) is 0 Å². The van der Waals surface area contributed by atoms with Gasteiger partial charge in [0.05, 0.1) is 34.3 Å². The summed E-state index contributed by atoms with van der Waals surface area (Å²) in [5, 5.41) is 0. The van der Waals surface area contributed by atoms with E-state index in [0.717, 1.165) is 70.0 Å². The molecule has 4 nitrogen and oxygen atoms in total. The van der Waals surface area contributed by atoms with Crippen molar-refractivity contribution < 1.29 is 0 Å². The van der Waals surface area contributed by atoms with Crippen LogP contribution in [0.15, 0.2) is 218 Å². The fraction of sp³-hybridized carbons (Fsp3) is 0.403. The Morgan fingerprint density at radius 2 is 0.406 bits per heavy atom. The van der Waals surface area contributed by atoms with Crippen molar-refractivity contribution in [1.29, 1.82) is 0 Å². The van der Waals surface area contributed by atoms with Crippen LogP contribution in [0.1, 0.15) is 349 Å². The number of hydrogen-bond acceptors (Lipinski definition) is 14. The van der Waals surface area contributed by atoms with Crippen LogP contribution in [0.25, 0.3) is 124 Å². The first-order valence-corrected chi connectivity index (χ1v) is 61.1. The first-order valence-electron chi connectivity index (χ1n) is 53.1. The van der Waals surface area contributed by atoms with Crippen LogP contribution in [0.5, 0.6) is 0 Å². The highest BCUT2D eigenvalue weighted by Gasteiger charge is 2.53. The van der Waals surface area contributed by atoms with Crippen LogP contribution in [0.3, 0.4) is 0 Å². The smallest absolute Gasteiger partial charge is 0.114 e. The molecule has 7 aromatic carbocycles. The van der Waals surface area contributed by atoms with Crippen LogP contribution < -0.4 is 0 Å². The Bertz CT molecular complexity index is 6250. The van der Waals surface area contributed by atoms with E-state index in [4.69, 9.17) is 17.5 Å². The van der Waals surface area contributed by atoms with Crippen molar-refractivity contribution in [1.82, 2.24) is 17.5 Å². The fourth-order valence-electron chi connectivity index (χ4n) is 22.0. The summed E-state index contributed by atoms with van der Waals surface area (Å²) < 4.78 is 20.6. The van der Waals surface area contributed by atoms with Gasteiger partial charge in [-0.25, -0.2) is 0 Å². The lowest BCUT2D eigenvalue weighted by Gasteiger charge is -2.35. The molecule has 10 aromatic heterocycles. The third kappa shape index (κ3) is 21.7. The predicted molar refractivity (Wildman–Crippen MR) is 612 cm³/mol. The summed E-state index contributed by atoms with van der Waals surface area (Å²) in [4.78, 5) is 21.2. The van der Waals surface area contributed by atoms with Crippen molar-refractivity contribution in [2.24, 2.45) is 0 Å². The quantitative estimate of drug-likeness (QED) is 0.0357. The zero-order chi connectivity index (χ0) is 94.0. The van der Waals surface area contributed by atoms with Crippen molar-refractivity contribution in [3.05, 3.63) is 295 Å². The largest absolute Gasteiger partial charge is 0.172 e. The molecule has 2 aliphatic rings. The zero-order valence-corrected chi connectivity index (χ0v) is 90.5. The molecule has 0 atom stereocenters. The number of nitrogens with zero attached hydrogens (tertiary/aromatic N) is 4. The lowest BCUT2D eigenvalue weighted by atomic mass is 9.65. The lowest BCUT2D eigenvalue weighted by molar-refractivity contribution is 0.557. The van der Waals surface area contributed by atoms with Crippen LogP contribution in [0, 0.1) is 0 Å². The zero-order valence-electron chi connectivity index (χ0n) is 82.4. The topological polar surface area (TPSA) is 51.6 Å². The summed E-state index contributed by atoms with van der Waals surface area (Å²) >= 11 is 18.3. The summed E-state index contributed by atoms with van der Waals surface area (Å²) in [7, 11) is 0. The minimum absolute atomic E-state index is 0.672. The molecule has 17 aromatic rings. The second-order valence-corrected chi connectivity index (χ2v) is 49.3. The van der Waals surface area contributed by atoms with Crippen LogP contribution in [-0.4, -0.2) is 17.5 Å². The number of thiophene rings is 8. The van der Waals surface area contributed by atoms with E-state index in [1.165, 1.54) is 423 Å². The Labute approximate surface area is 864 Å². The molecule has 714 valence electrons. The maximum atomic E-state index is 5.17. The number of rotatable bonds is 54. The highest BCUT2D eigenvalue weighted by atomic mass is 32.1. The molecule has 0 bridgehead atoms. The van der Waals surface area contributed by atoms with Crippen LogP contribution in [0.4, 0.5) is 0 Å². The Morgan fingerprint density at radius 3 is 0.681 bits per heavy atom. The number of aryl methyl sites for hydroxylation is 6. The van der Waals surface area contributed by atoms with Crippen LogP contribution in [0.2, 0.25) is 0 Å². The van der Waals surface area contributed by atoms with Gasteiger partial charge in [-0.05, 0) is 252 Å². The van der Waals surface area contributed by atoms with E-state index in [0.29, 0.717) is 0 Å². The van der Waals surface area contributed by atoms with Gasteiger partial charge in [0.25, 0.3) is 0 Å². The van der Waals surface area contributed by atoms with Gasteiger partial charge in [-0.3, -0.25) is 0 Å². The van der Waals surface area contributed by atoms with Crippen molar-refractivity contribution in [2.45, 2.75) is 322 Å². The monoisotopic (exact) mass is 2000 g/mol. The molecule has 0 fully saturated rings. The SMILES string of the molecule is CCCCCCCCCCCCc1ccc(-c2ccc(-c3ccc(-c4ccc(-c5cc6c(s5)-c5cc7c(cc5C6(c5ccc(CCCCCC)cc5)c5ccc(CCCCCC)cc5)-c5sc(-c6ccc(-c8ccc(-c9ccc(-c%10ccc(CCCCCCCCCCCC)s%10)s9)c9nsnc89)s6)cc5C7(c5ccc(CCCCCC)cc5)c5ccc(CCCCCC)cc5)s4)c4nsnc34)s2)s1. The molecule has 10 heterocycles. The molecule has 19 rings (SSSR count). The minimum Gasteiger partial charge on any atom is -0.172 e. The molecule has 14 heteroatoms. The summed E-state index contributed by atoms with van der Waals surface area (Å²) in [6, 6.07) is 88.9. The molecule has 0 aliphatic heterocycles. The second kappa shape index (κ2) is 47.8. The van der Waals surface area contributed by atoms with E-state index in [2.05, 4.69) is 260 Å². The summed E-state index contributed by atoms with van der Waals surface area (Å²) in [6.45, 7) is 13.9. The van der Waals surface area contributed by atoms with Gasteiger partial charge in [0, 0.05) is 100 Å². The number of fused-ring (bicyclic) bond motifs is 8. The van der Waals surface area contributed by atoms with Crippen molar-refractivity contribution in [3.8, 4) is 102 Å². The normalized spacial score (nSPS) is 13.0. The number of unbranched alkanes of at least 4 members (excludes halogenated alkanes) is 30. The maximum Gasteiger partial charge on any atom is 0.114 e. The van der Waals surface area contributed by atoms with E-state index in [9.17, 15) is 0 Å². The van der Waals surface area contributed by atoms with Gasteiger partial charge in [-0.1, -0.05) is 355 Å². The third-order valence-electron chi connectivity index (χ3n) is 29.7. The molecule has 0 saturated heterocycles. The maximum absolute atomic E-state index is 5.17. The number of aromatic nitrogens is 4. The van der Waals surface area contributed by atoms with Crippen LogP contribution >= 0.6 is 114 Å². The average molecular weight is 2010 g/mol. The lowest BCUT2D eigenvalue weighted by Crippen LogP contribution is -2.30. The molecule has 0 N–H and O–H groups in total. The molecular formula is C124H138N4S10. The fourth-order valence-corrected chi connectivity index (χ4v) is 32.2. The minimum atomic E-state index is -0.672. The Morgan fingerprint density at radius 1 is 0.181 bits per heavy atom. The van der Waals surface area contributed by atoms with E-state index >= 15 is 0 Å². The first kappa shape index (κ1) is 98.6. The van der Waals surface area contributed by atoms with Gasteiger partial charge in [0.15, 0.2) is 0 Å². The second-order valence-electron chi connectivity index (χ2n) is 39.5. The highest BCUT2D eigenvalue weighted by molar-refractivity contribution is 7.27. The van der Waals surface area contributed by atoms with Gasteiger partial charge in [-0.2, -0.15) is 17.5 Å². The first-order chi connectivity index (χ1) is 68.2. The molecule has 0 radical (unpaired) electrons. The molecular weight excluding hydrogens is 1870 g/mol. The number of hydrogen-bond donors (Lipinski definition) is 0. The molecule has 138 heavy (non-hydrogen) atoms. The van der Waals surface area contributed by atoms with E-state index in [1.54, 1.807) is 0 Å². The predicted octanol–water partition coefficient (Wildman–Crippen LogP) is 41.7. The van der Waals surface area contributed by atoms with Gasteiger partial charge < -0.3 is 0 Å². The van der Waals surface area contributed by atoms with Gasteiger partial charge >= 0.3 is 0 Å². The Hall–Kier alpha value is -8.22. The summed E-state index contributed by atoms with van der Waals surface area (Å²) in [5.41, 5.74) is 26.4. The number of benzene rings is 7. The van der Waals surface area contributed by atoms with Crippen molar-refractivity contribution in [3.63, 3.8) is 0 Å². The van der Waals surface area contributed by atoms with Crippen molar-refractivity contribution >= 4 is 136 Å². The average Bonchev–Trinajstić information content (AvgIpc) is 1.50. The summed E-state index contributed by atoms with van der Waals surface area (Å²) in [5.74, 6) is 0. The standard InChI is InChI=1S/C124H138N4S10/c1-7-13-19-25-27-29-31-33-35-41-47-93-65-71-109(129-93)111-77-73-105(131-111)95-67-69-97(119-117(95)125-137-127-119)107-75-79-113(133-107)115-83-103-121(135-115)99-81-102-100(82-101(99)123(103,89-57-49-85(50-58-89)43-37-21-15-9-3)90-59-51-86(52-60-90)44-38-22-16-10-4)122-104(124(102,91-61-53-87(54-62-91)45-39-23-17-11-5)92-63-55-88(56-64-92)46-40-24-18-12-6)84-116(136-122)114-80-76-108(134-114)98-70-68-96(118-120(98)128-138-126-118)106-74-78-112(132-106)110-72-66-94(130-110)48-42-36-34-32-30-28-26-20-14-8-2/h49-84H,7-48H2,1-6H3. The Balaban J connectivity index is 0.704. The highest BCUT2D eigenvalue weighted by Crippen LogP contribution is 2.67. The Kier molecular flexibility index (Phi) is 34.1. The van der Waals surface area contributed by atoms with E-state index in [1.807, 2.05) is 90.7 Å². The summed E-state index contributed by atoms with van der Waals surface area (Å²) in [6.07, 6.45) is 53.8. The van der Waals surface area contributed by atoms with E-state index < -0.39 is 10.8 Å².